The number of nitrogens with zero attached hydrogens (tertiary/aromatic N) is 1. The smallest absolute Gasteiger partial charge is 0.243 e. The third kappa shape index (κ3) is 2.35. The third-order valence-corrected chi connectivity index (χ3v) is 5.33. The van der Waals surface area contributed by atoms with E-state index in [1.54, 1.807) is 0 Å². The van der Waals surface area contributed by atoms with E-state index in [0.717, 1.165) is 25.3 Å². The molecule has 0 amide bonds. The summed E-state index contributed by atoms with van der Waals surface area (Å²) in [7, 11) is -3.61. The van der Waals surface area contributed by atoms with Crippen LogP contribution in [0.25, 0.3) is 0 Å². The van der Waals surface area contributed by atoms with Gasteiger partial charge in [0.15, 0.2) is 0 Å². The van der Waals surface area contributed by atoms with Gasteiger partial charge in [-0.3, -0.25) is 0 Å². The fraction of sp³-hybridized carbons (Fsp3) is 0.500. The molecular weight excluding hydrogens is 255 g/mol. The van der Waals surface area contributed by atoms with Crippen LogP contribution in [0.15, 0.2) is 23.1 Å². The van der Waals surface area contributed by atoms with Gasteiger partial charge in [-0.05, 0) is 38.0 Å². The summed E-state index contributed by atoms with van der Waals surface area (Å²) in [6.45, 7) is 2.37. The van der Waals surface area contributed by atoms with E-state index in [-0.39, 0.29) is 16.6 Å². The molecule has 0 aromatic heterocycles. The summed E-state index contributed by atoms with van der Waals surface area (Å²) in [5.74, 6) is -0.694. The number of halogens is 1. The predicted molar refractivity (Wildman–Crippen MR) is 68.0 cm³/mol. The molecule has 1 heterocycles. The number of nitrogen functional groups attached to an aromatic ring is 1. The van der Waals surface area contributed by atoms with E-state index >= 15 is 0 Å². The zero-order valence-corrected chi connectivity index (χ0v) is 11.1. The molecule has 1 unspecified atom stereocenters. The Hall–Kier alpha value is -1.14. The van der Waals surface area contributed by atoms with Crippen LogP contribution in [0.2, 0.25) is 0 Å². The van der Waals surface area contributed by atoms with E-state index in [1.807, 2.05) is 6.92 Å². The number of anilines is 1. The van der Waals surface area contributed by atoms with Crippen LogP contribution in [0.1, 0.15) is 26.2 Å². The van der Waals surface area contributed by atoms with Crippen molar-refractivity contribution in [3.05, 3.63) is 24.0 Å². The highest BCUT2D eigenvalue weighted by Gasteiger charge is 2.31. The van der Waals surface area contributed by atoms with Gasteiger partial charge in [0, 0.05) is 12.6 Å². The minimum Gasteiger partial charge on any atom is -0.396 e. The summed E-state index contributed by atoms with van der Waals surface area (Å²) >= 11 is 0. The molecule has 0 saturated carbocycles. The Morgan fingerprint density at radius 3 is 2.72 bits per heavy atom. The fourth-order valence-electron chi connectivity index (χ4n) is 2.23. The molecule has 1 aliphatic rings. The second kappa shape index (κ2) is 4.85. The average Bonchev–Trinajstić information content (AvgIpc) is 2.33. The maximum Gasteiger partial charge on any atom is 0.243 e. The molecule has 2 N–H and O–H groups in total. The van der Waals surface area contributed by atoms with Gasteiger partial charge >= 0.3 is 0 Å². The van der Waals surface area contributed by atoms with Gasteiger partial charge in [0.1, 0.15) is 5.82 Å². The van der Waals surface area contributed by atoms with Gasteiger partial charge in [-0.25, -0.2) is 12.8 Å². The van der Waals surface area contributed by atoms with E-state index in [4.69, 9.17) is 5.73 Å². The summed E-state index contributed by atoms with van der Waals surface area (Å²) in [5, 5.41) is 0. The molecule has 0 radical (unpaired) electrons. The molecule has 4 nitrogen and oxygen atoms in total. The van der Waals surface area contributed by atoms with E-state index < -0.39 is 15.8 Å². The topological polar surface area (TPSA) is 63.4 Å². The van der Waals surface area contributed by atoms with Crippen molar-refractivity contribution >= 4 is 15.7 Å². The molecule has 100 valence electrons. The van der Waals surface area contributed by atoms with E-state index in [9.17, 15) is 12.8 Å². The first kappa shape index (κ1) is 13.3. The Labute approximate surface area is 107 Å². The summed E-state index contributed by atoms with van der Waals surface area (Å²) in [4.78, 5) is -0.0250. The summed E-state index contributed by atoms with van der Waals surface area (Å²) in [5.41, 5.74) is 5.31. The van der Waals surface area contributed by atoms with Crippen molar-refractivity contribution in [2.75, 3.05) is 12.3 Å². The average molecular weight is 272 g/mol. The summed E-state index contributed by atoms with van der Waals surface area (Å²) < 4.78 is 39.6. The first-order chi connectivity index (χ1) is 8.43. The molecule has 18 heavy (non-hydrogen) atoms. The highest BCUT2D eigenvalue weighted by Crippen LogP contribution is 2.26. The van der Waals surface area contributed by atoms with Crippen molar-refractivity contribution in [2.45, 2.75) is 37.1 Å². The zero-order chi connectivity index (χ0) is 13.3. The Morgan fingerprint density at radius 2 is 2.11 bits per heavy atom. The molecular formula is C12H17FN2O2S. The van der Waals surface area contributed by atoms with Crippen LogP contribution in [0.3, 0.4) is 0 Å². The Balaban J connectivity index is 2.37. The molecule has 1 aliphatic heterocycles. The van der Waals surface area contributed by atoms with Gasteiger partial charge in [0.05, 0.1) is 10.6 Å². The number of sulfonamides is 1. The van der Waals surface area contributed by atoms with Crippen LogP contribution < -0.4 is 5.73 Å². The minimum atomic E-state index is -3.61. The van der Waals surface area contributed by atoms with Gasteiger partial charge in [-0.15, -0.1) is 0 Å². The van der Waals surface area contributed by atoms with Gasteiger partial charge < -0.3 is 5.73 Å². The van der Waals surface area contributed by atoms with Crippen LogP contribution in [-0.4, -0.2) is 25.3 Å². The molecule has 1 aromatic rings. The van der Waals surface area contributed by atoms with E-state index in [0.29, 0.717) is 6.54 Å². The highest BCUT2D eigenvalue weighted by atomic mass is 32.2. The lowest BCUT2D eigenvalue weighted by Crippen LogP contribution is -2.41. The van der Waals surface area contributed by atoms with Gasteiger partial charge in [-0.1, -0.05) is 6.42 Å². The third-order valence-electron chi connectivity index (χ3n) is 3.32. The maximum atomic E-state index is 13.4. The summed E-state index contributed by atoms with van der Waals surface area (Å²) in [6, 6.07) is 3.60. The molecule has 0 aliphatic carbocycles. The second-order valence-electron chi connectivity index (χ2n) is 4.64. The van der Waals surface area contributed by atoms with Crippen molar-refractivity contribution in [1.29, 1.82) is 0 Å². The van der Waals surface area contributed by atoms with Crippen LogP contribution in [0, 0.1) is 5.82 Å². The first-order valence-corrected chi connectivity index (χ1v) is 7.44. The Morgan fingerprint density at radius 1 is 1.39 bits per heavy atom. The molecule has 2 rings (SSSR count). The largest absolute Gasteiger partial charge is 0.396 e. The molecule has 1 fully saturated rings. The number of hydrogen-bond acceptors (Lipinski definition) is 3. The standard InChI is InChI=1S/C12H17FN2O2S/c1-9-4-2-3-7-15(9)18(16,17)10-5-6-12(14)11(13)8-10/h5-6,8-9H,2-4,7,14H2,1H3. The SMILES string of the molecule is CC1CCCCN1S(=O)(=O)c1ccc(N)c(F)c1. The van der Waals surface area contributed by atoms with Crippen LogP contribution >= 0.6 is 0 Å². The molecule has 6 heteroatoms. The zero-order valence-electron chi connectivity index (χ0n) is 10.3. The van der Waals surface area contributed by atoms with E-state index in [1.165, 1.54) is 16.4 Å². The van der Waals surface area contributed by atoms with Gasteiger partial charge in [-0.2, -0.15) is 4.31 Å². The molecule has 0 spiro atoms. The quantitative estimate of drug-likeness (QED) is 0.837. The Kier molecular flexibility index (Phi) is 3.59. The maximum absolute atomic E-state index is 13.4. The first-order valence-electron chi connectivity index (χ1n) is 6.00. The molecule has 1 saturated heterocycles. The lowest BCUT2D eigenvalue weighted by Gasteiger charge is -2.32. The summed E-state index contributed by atoms with van der Waals surface area (Å²) in [6.07, 6.45) is 2.72. The van der Waals surface area contributed by atoms with Crippen molar-refractivity contribution in [3.8, 4) is 0 Å². The monoisotopic (exact) mass is 272 g/mol. The second-order valence-corrected chi connectivity index (χ2v) is 6.53. The van der Waals surface area contributed by atoms with Gasteiger partial charge in [0.2, 0.25) is 10.0 Å². The number of hydrogen-bond donors (Lipinski definition) is 1. The molecule has 1 aromatic carbocycles. The van der Waals surface area contributed by atoms with Crippen LogP contribution in [0.4, 0.5) is 10.1 Å². The number of nitrogens with two attached hydrogens (primary N) is 1. The number of rotatable bonds is 2. The van der Waals surface area contributed by atoms with Crippen molar-refractivity contribution < 1.29 is 12.8 Å². The van der Waals surface area contributed by atoms with Crippen LogP contribution in [0.5, 0.6) is 0 Å². The highest BCUT2D eigenvalue weighted by molar-refractivity contribution is 7.89. The van der Waals surface area contributed by atoms with E-state index in [2.05, 4.69) is 0 Å². The van der Waals surface area contributed by atoms with Gasteiger partial charge in [0.25, 0.3) is 0 Å². The van der Waals surface area contributed by atoms with Crippen LogP contribution in [-0.2, 0) is 10.0 Å². The Bertz CT molecular complexity index is 545. The minimum absolute atomic E-state index is 0.0250. The molecule has 1 atom stereocenters. The van der Waals surface area contributed by atoms with Crippen molar-refractivity contribution in [3.63, 3.8) is 0 Å². The number of piperidine rings is 1. The predicted octanol–water partition coefficient (Wildman–Crippen LogP) is 1.97. The van der Waals surface area contributed by atoms with Crippen molar-refractivity contribution in [1.82, 2.24) is 4.31 Å². The van der Waals surface area contributed by atoms with Crippen molar-refractivity contribution in [2.24, 2.45) is 0 Å². The molecule has 0 bridgehead atoms. The normalized spacial score (nSPS) is 22.0. The lowest BCUT2D eigenvalue weighted by molar-refractivity contribution is 0.268. The lowest BCUT2D eigenvalue weighted by atomic mass is 10.1. The fourth-order valence-corrected chi connectivity index (χ4v) is 3.94. The number of benzene rings is 1.